The number of carbonyl (C=O) groups excluding carboxylic acids is 1. The van der Waals surface area contributed by atoms with Gasteiger partial charge in [0.15, 0.2) is 0 Å². The summed E-state index contributed by atoms with van der Waals surface area (Å²) in [5.74, 6) is 1.18. The van der Waals surface area contributed by atoms with Crippen LogP contribution >= 0.6 is 0 Å². The van der Waals surface area contributed by atoms with Crippen molar-refractivity contribution in [3.05, 3.63) is 77.4 Å². The normalized spacial score (nSPS) is 10.9. The first-order valence-electron chi connectivity index (χ1n) is 10.0. The number of rotatable bonds is 9. The van der Waals surface area contributed by atoms with Crippen molar-refractivity contribution in [3.63, 3.8) is 0 Å². The molecule has 0 heterocycles. The summed E-state index contributed by atoms with van der Waals surface area (Å²) >= 11 is 0. The number of aryl methyl sites for hydroxylation is 1. The van der Waals surface area contributed by atoms with Crippen molar-refractivity contribution in [2.45, 2.75) is 18.4 Å². The molecule has 174 valence electrons. The Kier molecular flexibility index (Phi) is 7.44. The van der Waals surface area contributed by atoms with Crippen LogP contribution in [0.1, 0.15) is 21.5 Å². The van der Waals surface area contributed by atoms with Crippen LogP contribution in [0.25, 0.3) is 0 Å². The lowest BCUT2D eigenvalue weighted by atomic mass is 10.1. The van der Waals surface area contributed by atoms with Gasteiger partial charge < -0.3 is 19.5 Å². The van der Waals surface area contributed by atoms with Crippen LogP contribution in [0.3, 0.4) is 0 Å². The first-order valence-corrected chi connectivity index (χ1v) is 11.5. The van der Waals surface area contributed by atoms with E-state index in [-0.39, 0.29) is 17.0 Å². The number of anilines is 1. The molecule has 0 aliphatic rings. The SMILES string of the molecule is COc1ccc(CNC(=O)c2ccc(C)c(S(=O)(=O)Nc3ccccc3OC)c2)c(OC)c1. The summed E-state index contributed by atoms with van der Waals surface area (Å²) in [6.07, 6.45) is 0. The van der Waals surface area contributed by atoms with Crippen LogP contribution in [0.4, 0.5) is 5.69 Å². The number of nitrogens with one attached hydrogen (secondary N) is 2. The second-order valence-corrected chi connectivity index (χ2v) is 8.80. The van der Waals surface area contributed by atoms with Crippen molar-refractivity contribution < 1.29 is 27.4 Å². The Labute approximate surface area is 193 Å². The second kappa shape index (κ2) is 10.3. The third-order valence-electron chi connectivity index (χ3n) is 5.02. The summed E-state index contributed by atoms with van der Waals surface area (Å²) < 4.78 is 44.4. The number of methoxy groups -OCH3 is 3. The predicted octanol–water partition coefficient (Wildman–Crippen LogP) is 3.75. The number of hydrogen-bond donors (Lipinski definition) is 2. The summed E-state index contributed by atoms with van der Waals surface area (Å²) in [7, 11) is 0.589. The van der Waals surface area contributed by atoms with Gasteiger partial charge in [-0.15, -0.1) is 0 Å². The Balaban J connectivity index is 1.81. The van der Waals surface area contributed by atoms with Gasteiger partial charge in [0.1, 0.15) is 17.2 Å². The van der Waals surface area contributed by atoms with E-state index in [4.69, 9.17) is 14.2 Å². The third kappa shape index (κ3) is 5.56. The molecule has 3 rings (SSSR count). The highest BCUT2D eigenvalue weighted by molar-refractivity contribution is 7.92. The van der Waals surface area contributed by atoms with Crippen LogP contribution in [0.15, 0.2) is 65.6 Å². The van der Waals surface area contributed by atoms with E-state index < -0.39 is 15.9 Å². The number of carbonyl (C=O) groups is 1. The van der Waals surface area contributed by atoms with Crippen molar-refractivity contribution in [1.29, 1.82) is 0 Å². The molecule has 0 saturated heterocycles. The van der Waals surface area contributed by atoms with Gasteiger partial charge in [-0.05, 0) is 48.9 Å². The molecule has 0 aliphatic heterocycles. The number of para-hydroxylation sites is 2. The highest BCUT2D eigenvalue weighted by Crippen LogP contribution is 2.28. The van der Waals surface area contributed by atoms with E-state index in [1.54, 1.807) is 68.6 Å². The highest BCUT2D eigenvalue weighted by Gasteiger charge is 2.21. The molecule has 0 saturated carbocycles. The van der Waals surface area contributed by atoms with Crippen molar-refractivity contribution in [1.82, 2.24) is 5.32 Å². The molecule has 3 aromatic carbocycles. The van der Waals surface area contributed by atoms with Gasteiger partial charge in [-0.3, -0.25) is 9.52 Å². The largest absolute Gasteiger partial charge is 0.497 e. The molecular weight excluding hydrogens is 444 g/mol. The van der Waals surface area contributed by atoms with E-state index in [1.807, 2.05) is 0 Å². The number of amides is 1. The van der Waals surface area contributed by atoms with Gasteiger partial charge in [0, 0.05) is 23.7 Å². The van der Waals surface area contributed by atoms with Crippen molar-refractivity contribution >= 4 is 21.6 Å². The minimum absolute atomic E-state index is 0.00286. The summed E-state index contributed by atoms with van der Waals surface area (Å²) in [5.41, 5.74) is 1.78. The average molecular weight is 471 g/mol. The fraction of sp³-hybridized carbons (Fsp3) is 0.208. The maximum atomic E-state index is 13.1. The molecule has 9 heteroatoms. The van der Waals surface area contributed by atoms with E-state index in [1.165, 1.54) is 20.3 Å². The van der Waals surface area contributed by atoms with Crippen LogP contribution in [0.5, 0.6) is 17.2 Å². The number of sulfonamides is 1. The molecule has 1 amide bonds. The zero-order valence-corrected chi connectivity index (χ0v) is 19.7. The first-order chi connectivity index (χ1) is 15.8. The molecule has 0 unspecified atom stereocenters. The zero-order chi connectivity index (χ0) is 24.0. The van der Waals surface area contributed by atoms with Crippen LogP contribution < -0.4 is 24.2 Å². The molecule has 3 aromatic rings. The van der Waals surface area contributed by atoms with Crippen molar-refractivity contribution in [2.75, 3.05) is 26.1 Å². The first kappa shape index (κ1) is 23.9. The summed E-state index contributed by atoms with van der Waals surface area (Å²) in [4.78, 5) is 12.8. The van der Waals surface area contributed by atoms with Crippen LogP contribution in [0.2, 0.25) is 0 Å². The molecule has 0 aliphatic carbocycles. The molecule has 0 fully saturated rings. The minimum Gasteiger partial charge on any atom is -0.497 e. The van der Waals surface area contributed by atoms with Gasteiger partial charge in [0.25, 0.3) is 15.9 Å². The molecule has 0 atom stereocenters. The monoisotopic (exact) mass is 470 g/mol. The van der Waals surface area contributed by atoms with Crippen LogP contribution in [-0.2, 0) is 16.6 Å². The predicted molar refractivity (Wildman–Crippen MR) is 126 cm³/mol. The quantitative estimate of drug-likeness (QED) is 0.494. The van der Waals surface area contributed by atoms with Crippen molar-refractivity contribution in [3.8, 4) is 17.2 Å². The Morgan fingerprint density at radius 1 is 0.879 bits per heavy atom. The maximum Gasteiger partial charge on any atom is 0.262 e. The van der Waals surface area contributed by atoms with E-state index in [9.17, 15) is 13.2 Å². The lowest BCUT2D eigenvalue weighted by Gasteiger charge is -2.14. The Bertz CT molecular complexity index is 1260. The minimum atomic E-state index is -3.96. The van der Waals surface area contributed by atoms with Crippen LogP contribution in [-0.4, -0.2) is 35.7 Å². The third-order valence-corrected chi connectivity index (χ3v) is 6.53. The fourth-order valence-corrected chi connectivity index (χ4v) is 4.58. The summed E-state index contributed by atoms with van der Waals surface area (Å²) in [6.45, 7) is 1.86. The molecule has 0 bridgehead atoms. The maximum absolute atomic E-state index is 13.1. The molecule has 0 aromatic heterocycles. The van der Waals surface area contributed by atoms with E-state index in [2.05, 4.69) is 10.0 Å². The topological polar surface area (TPSA) is 103 Å². The number of hydrogen-bond acceptors (Lipinski definition) is 6. The van der Waals surface area contributed by atoms with Gasteiger partial charge in [-0.25, -0.2) is 8.42 Å². The highest BCUT2D eigenvalue weighted by atomic mass is 32.2. The summed E-state index contributed by atoms with van der Waals surface area (Å²) in [6, 6.07) is 16.5. The van der Waals surface area contributed by atoms with Gasteiger partial charge in [-0.2, -0.15) is 0 Å². The molecule has 2 N–H and O–H groups in total. The lowest BCUT2D eigenvalue weighted by molar-refractivity contribution is 0.0950. The second-order valence-electron chi connectivity index (χ2n) is 7.15. The Morgan fingerprint density at radius 3 is 2.30 bits per heavy atom. The average Bonchev–Trinajstić information content (AvgIpc) is 2.82. The van der Waals surface area contributed by atoms with Gasteiger partial charge >= 0.3 is 0 Å². The fourth-order valence-electron chi connectivity index (χ4n) is 3.24. The van der Waals surface area contributed by atoms with Gasteiger partial charge in [0.2, 0.25) is 0 Å². The summed E-state index contributed by atoms with van der Waals surface area (Å²) in [5, 5.41) is 2.80. The lowest BCUT2D eigenvalue weighted by Crippen LogP contribution is -2.24. The van der Waals surface area contributed by atoms with Crippen molar-refractivity contribution in [2.24, 2.45) is 0 Å². The van der Waals surface area contributed by atoms with E-state index in [0.717, 1.165) is 5.56 Å². The van der Waals surface area contributed by atoms with E-state index in [0.29, 0.717) is 28.5 Å². The van der Waals surface area contributed by atoms with Gasteiger partial charge in [-0.1, -0.05) is 18.2 Å². The van der Waals surface area contributed by atoms with E-state index >= 15 is 0 Å². The standard InChI is InChI=1S/C24H26N2O6S/c1-16-9-10-17(24(27)25-15-18-11-12-19(30-2)14-22(18)32-4)13-23(16)33(28,29)26-20-7-5-6-8-21(20)31-3/h5-14,26H,15H2,1-4H3,(H,25,27). The molecule has 33 heavy (non-hydrogen) atoms. The zero-order valence-electron chi connectivity index (χ0n) is 18.8. The Hall–Kier alpha value is -3.72. The Morgan fingerprint density at radius 2 is 1.61 bits per heavy atom. The molecular formula is C24H26N2O6S. The molecule has 0 spiro atoms. The number of benzene rings is 3. The van der Waals surface area contributed by atoms with Gasteiger partial charge in [0.05, 0.1) is 31.9 Å². The smallest absolute Gasteiger partial charge is 0.262 e. The van der Waals surface area contributed by atoms with Crippen LogP contribution in [0, 0.1) is 6.92 Å². The molecule has 0 radical (unpaired) electrons. The number of ether oxygens (including phenoxy) is 3. The molecule has 8 nitrogen and oxygen atoms in total.